The van der Waals surface area contributed by atoms with E-state index in [-0.39, 0.29) is 17.8 Å². The predicted molar refractivity (Wildman–Crippen MR) is 59.3 cm³/mol. The lowest BCUT2D eigenvalue weighted by Crippen LogP contribution is -2.29. The van der Waals surface area contributed by atoms with Crippen molar-refractivity contribution in [1.29, 1.82) is 0 Å². The van der Waals surface area contributed by atoms with Crippen molar-refractivity contribution in [2.75, 3.05) is 20.8 Å². The van der Waals surface area contributed by atoms with Gasteiger partial charge in [-0.3, -0.25) is 0 Å². The molecular weight excluding hydrogens is 210 g/mol. The molecule has 0 saturated carbocycles. The van der Waals surface area contributed by atoms with Crippen molar-refractivity contribution < 1.29 is 19.7 Å². The molecule has 0 heterocycles. The number of nitrogens with one attached hydrogen (secondary N) is 1. The minimum atomic E-state index is -0.306. The number of hydrogen-bond acceptors (Lipinski definition) is 5. The first-order chi connectivity index (χ1) is 7.67. The van der Waals surface area contributed by atoms with Gasteiger partial charge in [0.25, 0.3) is 0 Å². The largest absolute Gasteiger partial charge is 0.508 e. The first-order valence-corrected chi connectivity index (χ1v) is 4.94. The fourth-order valence-electron chi connectivity index (χ4n) is 1.29. The van der Waals surface area contributed by atoms with Gasteiger partial charge < -0.3 is 25.0 Å². The Kier molecular flexibility index (Phi) is 5.04. The monoisotopic (exact) mass is 227 g/mol. The summed E-state index contributed by atoms with van der Waals surface area (Å²) in [7, 11) is 3.13. The van der Waals surface area contributed by atoms with Crippen molar-refractivity contribution in [3.8, 4) is 11.5 Å². The molecule has 0 radical (unpaired) electrons. The van der Waals surface area contributed by atoms with Crippen molar-refractivity contribution in [1.82, 2.24) is 5.32 Å². The van der Waals surface area contributed by atoms with E-state index < -0.39 is 0 Å². The second-order valence-electron chi connectivity index (χ2n) is 3.34. The molecule has 90 valence electrons. The molecule has 0 fully saturated rings. The summed E-state index contributed by atoms with van der Waals surface area (Å²) in [5.41, 5.74) is 0.712. The zero-order valence-corrected chi connectivity index (χ0v) is 9.43. The Balaban J connectivity index is 2.42. The number of benzene rings is 1. The van der Waals surface area contributed by atoms with E-state index in [4.69, 9.17) is 14.6 Å². The normalized spacial score (nSPS) is 10.9. The molecule has 1 rings (SSSR count). The standard InChI is InChI=1S/C11H17NO4/c1-15-11(16-2)7-12-6-8-3-4-9(13)5-10(8)14/h3-5,11-14H,6-7H2,1-2H3. The lowest BCUT2D eigenvalue weighted by Gasteiger charge is -2.14. The van der Waals surface area contributed by atoms with Crippen LogP contribution in [0.25, 0.3) is 0 Å². The highest BCUT2D eigenvalue weighted by Crippen LogP contribution is 2.22. The van der Waals surface area contributed by atoms with Gasteiger partial charge in [0.15, 0.2) is 6.29 Å². The van der Waals surface area contributed by atoms with Crippen LogP contribution < -0.4 is 5.32 Å². The lowest BCUT2D eigenvalue weighted by molar-refractivity contribution is -0.0989. The Hall–Kier alpha value is -1.30. The quantitative estimate of drug-likeness (QED) is 0.627. The van der Waals surface area contributed by atoms with Crippen LogP contribution >= 0.6 is 0 Å². The Morgan fingerprint density at radius 1 is 1.25 bits per heavy atom. The van der Waals surface area contributed by atoms with Crippen LogP contribution in [0, 0.1) is 0 Å². The maximum atomic E-state index is 9.51. The van der Waals surface area contributed by atoms with Crippen molar-refractivity contribution in [3.63, 3.8) is 0 Å². The van der Waals surface area contributed by atoms with Crippen LogP contribution in [-0.2, 0) is 16.0 Å². The maximum absolute atomic E-state index is 9.51. The van der Waals surface area contributed by atoms with Gasteiger partial charge in [-0.1, -0.05) is 6.07 Å². The summed E-state index contributed by atoms with van der Waals surface area (Å²) >= 11 is 0. The topological polar surface area (TPSA) is 71.0 Å². The highest BCUT2D eigenvalue weighted by atomic mass is 16.7. The highest BCUT2D eigenvalue weighted by molar-refractivity contribution is 5.38. The summed E-state index contributed by atoms with van der Waals surface area (Å²) < 4.78 is 10.00. The molecule has 5 nitrogen and oxygen atoms in total. The van der Waals surface area contributed by atoms with Gasteiger partial charge in [-0.15, -0.1) is 0 Å². The van der Waals surface area contributed by atoms with E-state index in [9.17, 15) is 5.11 Å². The molecule has 0 aliphatic heterocycles. The van der Waals surface area contributed by atoms with Gasteiger partial charge in [0.2, 0.25) is 0 Å². The molecule has 1 aromatic rings. The number of aromatic hydroxyl groups is 2. The zero-order valence-electron chi connectivity index (χ0n) is 9.43. The van der Waals surface area contributed by atoms with E-state index >= 15 is 0 Å². The van der Waals surface area contributed by atoms with Gasteiger partial charge in [0.1, 0.15) is 11.5 Å². The van der Waals surface area contributed by atoms with Gasteiger partial charge >= 0.3 is 0 Å². The third kappa shape index (κ3) is 3.69. The molecule has 0 aliphatic carbocycles. The maximum Gasteiger partial charge on any atom is 0.169 e. The predicted octanol–water partition coefficient (Wildman–Crippen LogP) is 0.806. The summed E-state index contributed by atoms with van der Waals surface area (Å²) in [5.74, 6) is 0.117. The Morgan fingerprint density at radius 2 is 1.94 bits per heavy atom. The fourth-order valence-corrected chi connectivity index (χ4v) is 1.29. The van der Waals surface area contributed by atoms with Crippen molar-refractivity contribution >= 4 is 0 Å². The number of phenols is 2. The minimum Gasteiger partial charge on any atom is -0.508 e. The summed E-state index contributed by atoms with van der Waals surface area (Å²) in [4.78, 5) is 0. The number of hydrogen-bond donors (Lipinski definition) is 3. The van der Waals surface area contributed by atoms with Crippen LogP contribution in [0.4, 0.5) is 0 Å². The van der Waals surface area contributed by atoms with Crippen LogP contribution in [0.5, 0.6) is 11.5 Å². The molecule has 0 bridgehead atoms. The van der Waals surface area contributed by atoms with E-state index in [0.29, 0.717) is 18.7 Å². The molecule has 0 saturated heterocycles. The summed E-state index contributed by atoms with van der Waals surface area (Å²) in [6.45, 7) is 1.00. The first-order valence-electron chi connectivity index (χ1n) is 4.94. The van der Waals surface area contributed by atoms with Gasteiger partial charge in [0, 0.05) is 38.9 Å². The second kappa shape index (κ2) is 6.32. The van der Waals surface area contributed by atoms with Crippen LogP contribution in [0.3, 0.4) is 0 Å². The average molecular weight is 227 g/mol. The van der Waals surface area contributed by atoms with Crippen LogP contribution in [-0.4, -0.2) is 37.3 Å². The Morgan fingerprint density at radius 3 is 2.50 bits per heavy atom. The number of rotatable bonds is 6. The SMILES string of the molecule is COC(CNCc1ccc(O)cc1O)OC. The molecule has 3 N–H and O–H groups in total. The molecular formula is C11H17NO4. The van der Waals surface area contributed by atoms with Gasteiger partial charge in [-0.2, -0.15) is 0 Å². The van der Waals surface area contributed by atoms with Crippen molar-refractivity contribution in [2.24, 2.45) is 0 Å². The Bertz CT molecular complexity index is 326. The zero-order chi connectivity index (χ0) is 12.0. The van der Waals surface area contributed by atoms with E-state index in [1.807, 2.05) is 0 Å². The van der Waals surface area contributed by atoms with Crippen LogP contribution in [0.2, 0.25) is 0 Å². The van der Waals surface area contributed by atoms with Gasteiger partial charge in [-0.05, 0) is 6.07 Å². The van der Waals surface area contributed by atoms with Crippen LogP contribution in [0.15, 0.2) is 18.2 Å². The van der Waals surface area contributed by atoms with Gasteiger partial charge in [-0.25, -0.2) is 0 Å². The van der Waals surface area contributed by atoms with E-state index in [1.165, 1.54) is 12.1 Å². The van der Waals surface area contributed by atoms with E-state index in [1.54, 1.807) is 20.3 Å². The Labute approximate surface area is 94.6 Å². The summed E-state index contributed by atoms with van der Waals surface area (Å²) in [6, 6.07) is 4.49. The minimum absolute atomic E-state index is 0.0490. The van der Waals surface area contributed by atoms with Crippen molar-refractivity contribution in [3.05, 3.63) is 23.8 Å². The molecule has 0 aromatic heterocycles. The third-order valence-electron chi connectivity index (χ3n) is 2.22. The number of ether oxygens (including phenoxy) is 2. The highest BCUT2D eigenvalue weighted by Gasteiger charge is 2.05. The molecule has 0 spiro atoms. The van der Waals surface area contributed by atoms with Gasteiger partial charge in [0.05, 0.1) is 0 Å². The smallest absolute Gasteiger partial charge is 0.169 e. The number of methoxy groups -OCH3 is 2. The van der Waals surface area contributed by atoms with E-state index in [0.717, 1.165) is 0 Å². The third-order valence-corrected chi connectivity index (χ3v) is 2.22. The molecule has 0 unspecified atom stereocenters. The molecule has 1 aromatic carbocycles. The summed E-state index contributed by atoms with van der Waals surface area (Å²) in [6.07, 6.45) is -0.306. The fraction of sp³-hybridized carbons (Fsp3) is 0.455. The summed E-state index contributed by atoms with van der Waals surface area (Å²) in [5, 5.41) is 21.7. The lowest BCUT2D eigenvalue weighted by atomic mass is 10.2. The van der Waals surface area contributed by atoms with Crippen LogP contribution in [0.1, 0.15) is 5.56 Å². The van der Waals surface area contributed by atoms with Crippen molar-refractivity contribution in [2.45, 2.75) is 12.8 Å². The molecule has 0 atom stereocenters. The second-order valence-corrected chi connectivity index (χ2v) is 3.34. The number of phenolic OH excluding ortho intramolecular Hbond substituents is 2. The average Bonchev–Trinajstić information content (AvgIpc) is 2.27. The molecule has 0 amide bonds. The van der Waals surface area contributed by atoms with E-state index in [2.05, 4.69) is 5.32 Å². The first kappa shape index (κ1) is 12.8. The molecule has 5 heteroatoms. The molecule has 16 heavy (non-hydrogen) atoms. The molecule has 0 aliphatic rings.